The molecule has 2 rings (SSSR count). The normalized spacial score (nSPS) is 11.1. The molecule has 0 aliphatic heterocycles. The van der Waals surface area contributed by atoms with Crippen LogP contribution in [-0.2, 0) is 4.79 Å². The third kappa shape index (κ3) is 4.97. The lowest BCUT2D eigenvalue weighted by molar-refractivity contribution is -0.116. The molecule has 0 saturated carbocycles. The number of aromatic carboxylic acids is 1. The molecule has 1 aromatic carbocycles. The van der Waals surface area contributed by atoms with Crippen molar-refractivity contribution in [2.45, 2.75) is 12.8 Å². The lowest BCUT2D eigenvalue weighted by Gasteiger charge is -2.07. The SMILES string of the molecule is C=C/C(C#N)=C(\C=C)CCC(=O)Nc1csc(-c2ccc(Cl)cc2)c1C(=O)O. The average molecular weight is 413 g/mol. The van der Waals surface area contributed by atoms with Crippen molar-refractivity contribution in [2.24, 2.45) is 0 Å². The van der Waals surface area contributed by atoms with Crippen molar-refractivity contribution in [3.8, 4) is 16.5 Å². The highest BCUT2D eigenvalue weighted by Crippen LogP contribution is 2.36. The van der Waals surface area contributed by atoms with Gasteiger partial charge in [0.15, 0.2) is 0 Å². The van der Waals surface area contributed by atoms with Crippen LogP contribution in [0.1, 0.15) is 23.2 Å². The Balaban J connectivity index is 2.21. The maximum Gasteiger partial charge on any atom is 0.339 e. The van der Waals surface area contributed by atoms with Crippen molar-refractivity contribution in [1.29, 1.82) is 5.26 Å². The minimum Gasteiger partial charge on any atom is -0.478 e. The van der Waals surface area contributed by atoms with Gasteiger partial charge in [-0.2, -0.15) is 5.26 Å². The number of carboxylic acids is 1. The summed E-state index contributed by atoms with van der Waals surface area (Å²) in [5.74, 6) is -1.49. The highest BCUT2D eigenvalue weighted by molar-refractivity contribution is 7.14. The standard InChI is InChI=1S/C21H17ClN2O3S/c1-3-13(14(4-2)11-23)7-10-18(25)24-17-12-28-20(19(17)21(26)27)15-5-8-16(22)9-6-15/h3-6,8-9,12H,1-2,7,10H2,(H,24,25)(H,26,27)/b14-13-. The van der Waals surface area contributed by atoms with Crippen LogP contribution < -0.4 is 5.32 Å². The highest BCUT2D eigenvalue weighted by Gasteiger charge is 2.21. The van der Waals surface area contributed by atoms with Crippen molar-refractivity contribution in [2.75, 3.05) is 5.32 Å². The quantitative estimate of drug-likeness (QED) is 0.431. The van der Waals surface area contributed by atoms with Crippen LogP contribution in [0.5, 0.6) is 0 Å². The second kappa shape index (κ2) is 9.70. The summed E-state index contributed by atoms with van der Waals surface area (Å²) in [7, 11) is 0. The monoisotopic (exact) mass is 412 g/mol. The Labute approximate surface area is 171 Å². The average Bonchev–Trinajstić information content (AvgIpc) is 3.09. The summed E-state index contributed by atoms with van der Waals surface area (Å²) in [6.45, 7) is 7.21. The fraction of sp³-hybridized carbons (Fsp3) is 0.0952. The summed E-state index contributed by atoms with van der Waals surface area (Å²) in [5, 5.41) is 23.5. The maximum absolute atomic E-state index is 12.3. The van der Waals surface area contributed by atoms with E-state index in [1.54, 1.807) is 29.6 Å². The lowest BCUT2D eigenvalue weighted by atomic mass is 10.0. The summed E-state index contributed by atoms with van der Waals surface area (Å²) in [5.41, 5.74) is 1.94. The first-order valence-electron chi connectivity index (χ1n) is 8.20. The fourth-order valence-electron chi connectivity index (χ4n) is 2.53. The van der Waals surface area contributed by atoms with Crippen LogP contribution in [0.3, 0.4) is 0 Å². The molecule has 1 heterocycles. The van der Waals surface area contributed by atoms with Gasteiger partial charge in [-0.3, -0.25) is 4.79 Å². The molecule has 0 fully saturated rings. The van der Waals surface area contributed by atoms with Crippen LogP contribution in [0.15, 0.2) is 66.1 Å². The molecule has 142 valence electrons. The Bertz CT molecular complexity index is 998. The Morgan fingerprint density at radius 2 is 1.89 bits per heavy atom. The minimum atomic E-state index is -1.13. The number of hydrogen-bond acceptors (Lipinski definition) is 4. The maximum atomic E-state index is 12.3. The summed E-state index contributed by atoms with van der Waals surface area (Å²) in [6, 6.07) is 8.81. The summed E-state index contributed by atoms with van der Waals surface area (Å²) in [4.78, 5) is 24.6. The van der Waals surface area contributed by atoms with Gasteiger partial charge in [0, 0.05) is 16.8 Å². The molecular weight excluding hydrogens is 396 g/mol. The van der Waals surface area contributed by atoms with Crippen LogP contribution >= 0.6 is 22.9 Å². The van der Waals surface area contributed by atoms with E-state index in [0.29, 0.717) is 33.0 Å². The van der Waals surface area contributed by atoms with Crippen LogP contribution in [0.2, 0.25) is 5.02 Å². The number of nitrogens with one attached hydrogen (secondary N) is 1. The van der Waals surface area contributed by atoms with E-state index in [1.165, 1.54) is 23.5 Å². The Morgan fingerprint density at radius 1 is 1.21 bits per heavy atom. The van der Waals surface area contributed by atoms with Crippen molar-refractivity contribution in [1.82, 2.24) is 0 Å². The van der Waals surface area contributed by atoms with E-state index in [-0.39, 0.29) is 23.6 Å². The molecule has 2 aromatic rings. The minimum absolute atomic E-state index is 0.0314. The van der Waals surface area contributed by atoms with Gasteiger partial charge in [0.2, 0.25) is 5.91 Å². The number of amides is 1. The van der Waals surface area contributed by atoms with Gasteiger partial charge in [0.25, 0.3) is 0 Å². The molecule has 0 radical (unpaired) electrons. The van der Waals surface area contributed by atoms with Crippen LogP contribution in [-0.4, -0.2) is 17.0 Å². The van der Waals surface area contributed by atoms with Gasteiger partial charge in [-0.05, 0) is 29.7 Å². The van der Waals surface area contributed by atoms with Gasteiger partial charge in [0.1, 0.15) is 5.56 Å². The third-order valence-electron chi connectivity index (χ3n) is 3.92. The van der Waals surface area contributed by atoms with Gasteiger partial charge >= 0.3 is 5.97 Å². The fourth-order valence-corrected chi connectivity index (χ4v) is 3.66. The number of carbonyl (C=O) groups excluding carboxylic acids is 1. The second-order valence-corrected chi connectivity index (χ2v) is 6.99. The summed E-state index contributed by atoms with van der Waals surface area (Å²) >= 11 is 7.11. The number of rotatable bonds is 8. The number of nitrogens with zero attached hydrogens (tertiary/aromatic N) is 1. The zero-order chi connectivity index (χ0) is 20.7. The van der Waals surface area contributed by atoms with E-state index >= 15 is 0 Å². The third-order valence-corrected chi connectivity index (χ3v) is 5.20. The van der Waals surface area contributed by atoms with Crippen molar-refractivity contribution in [3.63, 3.8) is 0 Å². The van der Waals surface area contributed by atoms with Gasteiger partial charge in [-0.1, -0.05) is 49.0 Å². The van der Waals surface area contributed by atoms with Crippen LogP contribution in [0.4, 0.5) is 5.69 Å². The molecule has 0 atom stereocenters. The molecule has 28 heavy (non-hydrogen) atoms. The largest absolute Gasteiger partial charge is 0.478 e. The van der Waals surface area contributed by atoms with Crippen molar-refractivity contribution < 1.29 is 14.7 Å². The summed E-state index contributed by atoms with van der Waals surface area (Å²) in [6.07, 6.45) is 3.29. The molecule has 0 saturated heterocycles. The van der Waals surface area contributed by atoms with E-state index in [9.17, 15) is 14.7 Å². The van der Waals surface area contributed by atoms with Crippen LogP contribution in [0, 0.1) is 11.3 Å². The molecule has 0 spiro atoms. The number of carboxylic acid groups (broad SMARTS) is 1. The smallest absolute Gasteiger partial charge is 0.339 e. The topological polar surface area (TPSA) is 90.2 Å². The molecule has 0 aliphatic rings. The second-order valence-electron chi connectivity index (χ2n) is 5.67. The number of allylic oxidation sites excluding steroid dienone is 4. The van der Waals surface area contributed by atoms with E-state index in [4.69, 9.17) is 16.9 Å². The van der Waals surface area contributed by atoms with E-state index < -0.39 is 5.97 Å². The van der Waals surface area contributed by atoms with Gasteiger partial charge < -0.3 is 10.4 Å². The van der Waals surface area contributed by atoms with Crippen molar-refractivity contribution in [3.05, 3.63) is 76.7 Å². The van der Waals surface area contributed by atoms with Crippen molar-refractivity contribution >= 4 is 40.5 Å². The molecule has 7 heteroatoms. The zero-order valence-corrected chi connectivity index (χ0v) is 16.4. The van der Waals surface area contributed by atoms with E-state index in [1.807, 2.05) is 6.07 Å². The highest BCUT2D eigenvalue weighted by atomic mass is 35.5. The molecule has 1 aromatic heterocycles. The number of hydrogen-bond donors (Lipinski definition) is 2. The Morgan fingerprint density at radius 3 is 2.43 bits per heavy atom. The first-order valence-corrected chi connectivity index (χ1v) is 9.45. The number of benzene rings is 1. The first kappa shape index (κ1) is 21.2. The Hall–Kier alpha value is -3.14. The summed E-state index contributed by atoms with van der Waals surface area (Å²) < 4.78 is 0. The molecular formula is C21H17ClN2O3S. The molecule has 0 unspecified atom stereocenters. The molecule has 0 bridgehead atoms. The van der Waals surface area contributed by atoms with Crippen LogP contribution in [0.25, 0.3) is 10.4 Å². The number of anilines is 1. The predicted octanol–water partition coefficient (Wildman–Crippen LogP) is 5.68. The Kier molecular flexibility index (Phi) is 7.33. The van der Waals surface area contributed by atoms with E-state index in [0.717, 1.165) is 0 Å². The van der Waals surface area contributed by atoms with Gasteiger partial charge in [-0.15, -0.1) is 11.3 Å². The number of nitriles is 1. The molecule has 5 nitrogen and oxygen atoms in total. The first-order chi connectivity index (χ1) is 13.4. The van der Waals surface area contributed by atoms with Gasteiger partial charge in [0.05, 0.1) is 22.2 Å². The molecule has 1 amide bonds. The van der Waals surface area contributed by atoms with E-state index in [2.05, 4.69) is 18.5 Å². The zero-order valence-electron chi connectivity index (χ0n) is 14.9. The predicted molar refractivity (Wildman–Crippen MR) is 113 cm³/mol. The number of halogens is 1. The molecule has 2 N–H and O–H groups in total. The number of thiophene rings is 1. The number of carbonyl (C=O) groups is 2. The van der Waals surface area contributed by atoms with Gasteiger partial charge in [-0.25, -0.2) is 4.79 Å². The lowest BCUT2D eigenvalue weighted by Crippen LogP contribution is -2.13. The molecule has 0 aliphatic carbocycles.